The van der Waals surface area contributed by atoms with Gasteiger partial charge in [0.15, 0.2) is 0 Å². The van der Waals surface area contributed by atoms with Gasteiger partial charge in [-0.15, -0.1) is 11.8 Å². The van der Waals surface area contributed by atoms with E-state index in [9.17, 15) is 4.79 Å². The van der Waals surface area contributed by atoms with Gasteiger partial charge in [-0.25, -0.2) is 0 Å². The fourth-order valence-corrected chi connectivity index (χ4v) is 3.90. The van der Waals surface area contributed by atoms with E-state index in [0.717, 1.165) is 42.2 Å². The molecule has 118 valence electrons. The second-order valence-corrected chi connectivity index (χ2v) is 6.79. The number of piperidine rings is 1. The van der Waals surface area contributed by atoms with Crippen LogP contribution in [0, 0.1) is 13.8 Å². The third-order valence-corrected chi connectivity index (χ3v) is 5.07. The number of hydrogen-bond donors (Lipinski definition) is 1. The van der Waals surface area contributed by atoms with Crippen LogP contribution in [0.2, 0.25) is 0 Å². The van der Waals surface area contributed by atoms with Crippen LogP contribution in [-0.4, -0.2) is 40.3 Å². The second kappa shape index (κ2) is 7.31. The Morgan fingerprint density at radius 1 is 1.52 bits per heavy atom. The van der Waals surface area contributed by atoms with E-state index in [4.69, 9.17) is 10.3 Å². The summed E-state index contributed by atoms with van der Waals surface area (Å²) in [6, 6.07) is 0.243. The Morgan fingerprint density at radius 3 is 2.90 bits per heavy atom. The van der Waals surface area contributed by atoms with E-state index in [1.165, 1.54) is 6.42 Å². The third-order valence-electron chi connectivity index (χ3n) is 4.13. The number of amides is 1. The lowest BCUT2D eigenvalue weighted by Gasteiger charge is -2.38. The summed E-state index contributed by atoms with van der Waals surface area (Å²) in [7, 11) is 0. The maximum absolute atomic E-state index is 12.4. The maximum Gasteiger partial charge on any atom is 0.232 e. The monoisotopic (exact) mass is 311 g/mol. The number of rotatable bonds is 5. The van der Waals surface area contributed by atoms with Crippen LogP contribution in [0.1, 0.15) is 43.2 Å². The van der Waals surface area contributed by atoms with Crippen molar-refractivity contribution in [3.63, 3.8) is 0 Å². The summed E-state index contributed by atoms with van der Waals surface area (Å²) >= 11 is 1.62. The molecule has 1 aliphatic rings. The van der Waals surface area contributed by atoms with E-state index in [1.807, 2.05) is 25.7 Å². The van der Waals surface area contributed by atoms with Gasteiger partial charge in [0.1, 0.15) is 5.76 Å². The molecule has 0 saturated carbocycles. The van der Waals surface area contributed by atoms with E-state index in [2.05, 4.69) is 5.16 Å². The molecule has 6 heteroatoms. The number of aromatic nitrogens is 1. The average molecular weight is 311 g/mol. The lowest BCUT2D eigenvalue weighted by Crippen LogP contribution is -2.52. The normalized spacial score (nSPS) is 20.6. The number of thioether (sulfide) groups is 1. The van der Waals surface area contributed by atoms with Gasteiger partial charge in [-0.3, -0.25) is 4.79 Å². The summed E-state index contributed by atoms with van der Waals surface area (Å²) < 4.78 is 5.14. The zero-order valence-electron chi connectivity index (χ0n) is 13.1. The molecule has 1 amide bonds. The van der Waals surface area contributed by atoms with Crippen LogP contribution in [0.15, 0.2) is 4.52 Å². The highest BCUT2D eigenvalue weighted by molar-refractivity contribution is 7.99. The smallest absolute Gasteiger partial charge is 0.232 e. The van der Waals surface area contributed by atoms with Crippen LogP contribution in [0.3, 0.4) is 0 Å². The molecule has 0 aromatic carbocycles. The van der Waals surface area contributed by atoms with Gasteiger partial charge in [-0.05, 0) is 40.0 Å². The SMILES string of the molecule is Cc1noc(C)c1CSCC(=O)N1CCCCC1C(C)N. The van der Waals surface area contributed by atoms with Crippen LogP contribution in [-0.2, 0) is 10.5 Å². The molecular weight excluding hydrogens is 286 g/mol. The first-order valence-electron chi connectivity index (χ1n) is 7.55. The predicted octanol–water partition coefficient (Wildman–Crippen LogP) is 2.25. The first-order valence-corrected chi connectivity index (χ1v) is 8.70. The standard InChI is InChI=1S/C15H25N3O2S/c1-10(16)14-6-4-5-7-18(14)15(19)9-21-8-13-11(2)17-20-12(13)3/h10,14H,4-9,16H2,1-3H3. The molecule has 1 fully saturated rings. The van der Waals surface area contributed by atoms with Gasteiger partial charge in [0.2, 0.25) is 5.91 Å². The summed E-state index contributed by atoms with van der Waals surface area (Å²) in [4.78, 5) is 14.4. The fraction of sp³-hybridized carbons (Fsp3) is 0.733. The minimum atomic E-state index is 0.0433. The summed E-state index contributed by atoms with van der Waals surface area (Å²) in [5.74, 6) is 2.31. The molecule has 2 unspecified atom stereocenters. The molecule has 2 rings (SSSR count). The van der Waals surface area contributed by atoms with Gasteiger partial charge in [0.25, 0.3) is 0 Å². The highest BCUT2D eigenvalue weighted by atomic mass is 32.2. The number of aryl methyl sites for hydroxylation is 2. The van der Waals surface area contributed by atoms with E-state index < -0.39 is 0 Å². The van der Waals surface area contributed by atoms with Gasteiger partial charge in [0, 0.05) is 29.9 Å². The fourth-order valence-electron chi connectivity index (χ4n) is 2.84. The number of carbonyl (C=O) groups excluding carboxylic acids is 1. The van der Waals surface area contributed by atoms with Crippen molar-refractivity contribution in [1.82, 2.24) is 10.1 Å². The minimum Gasteiger partial charge on any atom is -0.361 e. The number of hydrogen-bond acceptors (Lipinski definition) is 5. The Hall–Kier alpha value is -1.01. The second-order valence-electron chi connectivity index (χ2n) is 5.80. The Morgan fingerprint density at radius 2 is 2.29 bits per heavy atom. The Labute approximate surface area is 130 Å². The van der Waals surface area contributed by atoms with Gasteiger partial charge in [0.05, 0.1) is 11.4 Å². The zero-order chi connectivity index (χ0) is 15.4. The van der Waals surface area contributed by atoms with Crippen molar-refractivity contribution in [3.05, 3.63) is 17.0 Å². The van der Waals surface area contributed by atoms with E-state index in [-0.39, 0.29) is 18.0 Å². The molecule has 2 heterocycles. The van der Waals surface area contributed by atoms with Crippen LogP contribution in [0.25, 0.3) is 0 Å². The molecule has 0 aliphatic carbocycles. The molecular formula is C15H25N3O2S. The van der Waals surface area contributed by atoms with Crippen molar-refractivity contribution in [2.75, 3.05) is 12.3 Å². The zero-order valence-corrected chi connectivity index (χ0v) is 13.9. The van der Waals surface area contributed by atoms with Crippen molar-refractivity contribution in [1.29, 1.82) is 0 Å². The number of likely N-dealkylation sites (tertiary alicyclic amines) is 1. The van der Waals surface area contributed by atoms with Gasteiger partial charge < -0.3 is 15.2 Å². The van der Waals surface area contributed by atoms with Gasteiger partial charge in [-0.2, -0.15) is 0 Å². The molecule has 21 heavy (non-hydrogen) atoms. The molecule has 2 N–H and O–H groups in total. The highest BCUT2D eigenvalue weighted by Gasteiger charge is 2.28. The molecule has 1 aromatic rings. The van der Waals surface area contributed by atoms with Crippen LogP contribution >= 0.6 is 11.8 Å². The van der Waals surface area contributed by atoms with Gasteiger partial charge in [-0.1, -0.05) is 5.16 Å². The molecule has 0 bridgehead atoms. The van der Waals surface area contributed by atoms with Crippen molar-refractivity contribution in [3.8, 4) is 0 Å². The molecule has 1 aromatic heterocycles. The molecule has 0 radical (unpaired) electrons. The lowest BCUT2D eigenvalue weighted by molar-refractivity contribution is -0.132. The number of nitrogens with two attached hydrogens (primary N) is 1. The molecule has 2 atom stereocenters. The summed E-state index contributed by atoms with van der Waals surface area (Å²) in [5, 5.41) is 3.94. The summed E-state index contributed by atoms with van der Waals surface area (Å²) in [5.41, 5.74) is 8.04. The quantitative estimate of drug-likeness (QED) is 0.903. The first kappa shape index (κ1) is 16.4. The molecule has 0 spiro atoms. The van der Waals surface area contributed by atoms with Crippen molar-refractivity contribution < 1.29 is 9.32 Å². The molecule has 5 nitrogen and oxygen atoms in total. The van der Waals surface area contributed by atoms with Crippen LogP contribution in [0.4, 0.5) is 0 Å². The molecule has 1 aliphatic heterocycles. The van der Waals surface area contributed by atoms with Crippen molar-refractivity contribution >= 4 is 17.7 Å². The predicted molar refractivity (Wildman–Crippen MR) is 85.1 cm³/mol. The minimum absolute atomic E-state index is 0.0433. The van der Waals surface area contributed by atoms with Crippen molar-refractivity contribution in [2.45, 2.75) is 57.9 Å². The number of nitrogens with zero attached hydrogens (tertiary/aromatic N) is 2. The lowest BCUT2D eigenvalue weighted by atomic mass is 9.97. The van der Waals surface area contributed by atoms with Crippen LogP contribution < -0.4 is 5.73 Å². The van der Waals surface area contributed by atoms with E-state index >= 15 is 0 Å². The summed E-state index contributed by atoms with van der Waals surface area (Å²) in [6.07, 6.45) is 3.28. The topological polar surface area (TPSA) is 72.4 Å². The Kier molecular flexibility index (Phi) is 5.70. The molecule has 1 saturated heterocycles. The first-order chi connectivity index (χ1) is 10.0. The number of carbonyl (C=O) groups is 1. The average Bonchev–Trinajstić information content (AvgIpc) is 2.78. The Bertz CT molecular complexity index is 468. The highest BCUT2D eigenvalue weighted by Crippen LogP contribution is 2.23. The largest absolute Gasteiger partial charge is 0.361 e. The van der Waals surface area contributed by atoms with Crippen LogP contribution in [0.5, 0.6) is 0 Å². The maximum atomic E-state index is 12.4. The van der Waals surface area contributed by atoms with Crippen molar-refractivity contribution in [2.24, 2.45) is 5.73 Å². The summed E-state index contributed by atoms with van der Waals surface area (Å²) in [6.45, 7) is 6.68. The van der Waals surface area contributed by atoms with E-state index in [0.29, 0.717) is 5.75 Å². The van der Waals surface area contributed by atoms with Gasteiger partial charge >= 0.3 is 0 Å². The van der Waals surface area contributed by atoms with E-state index in [1.54, 1.807) is 11.8 Å². The Balaban J connectivity index is 1.86. The third kappa shape index (κ3) is 4.01.